The fourth-order valence-electron chi connectivity index (χ4n) is 3.74. The predicted molar refractivity (Wildman–Crippen MR) is 94.1 cm³/mol. The zero-order chi connectivity index (χ0) is 17.8. The van der Waals surface area contributed by atoms with Gasteiger partial charge in [-0.25, -0.2) is 0 Å². The van der Waals surface area contributed by atoms with Crippen molar-refractivity contribution in [2.24, 2.45) is 5.92 Å². The molecule has 1 aromatic rings. The number of benzene rings is 1. The Morgan fingerprint density at radius 1 is 1.16 bits per heavy atom. The molecule has 1 amide bonds. The minimum atomic E-state index is -0.449. The Bertz CT molecular complexity index is 653. The van der Waals surface area contributed by atoms with Crippen molar-refractivity contribution in [2.75, 3.05) is 0 Å². The van der Waals surface area contributed by atoms with Gasteiger partial charge in [0.15, 0.2) is 5.96 Å². The third kappa shape index (κ3) is 4.15. The van der Waals surface area contributed by atoms with E-state index in [4.69, 9.17) is 5.41 Å². The molecule has 7 nitrogen and oxygen atoms in total. The molecule has 134 valence electrons. The summed E-state index contributed by atoms with van der Waals surface area (Å²) in [5.74, 6) is 0.761. The summed E-state index contributed by atoms with van der Waals surface area (Å²) < 4.78 is 0. The molecule has 1 saturated carbocycles. The van der Waals surface area contributed by atoms with Crippen LogP contribution in [0.3, 0.4) is 0 Å². The first-order valence-corrected chi connectivity index (χ1v) is 8.94. The lowest BCUT2D eigenvalue weighted by molar-refractivity contribution is -0.384. The highest BCUT2D eigenvalue weighted by Gasteiger charge is 2.35. The molecule has 0 radical (unpaired) electrons. The van der Waals surface area contributed by atoms with Crippen molar-refractivity contribution in [3.05, 3.63) is 39.9 Å². The van der Waals surface area contributed by atoms with Gasteiger partial charge in [0.1, 0.15) is 6.04 Å². The standard InChI is InChI=1S/C18H24N4O3/c19-18-20-16(11-8-13-4-2-1-3-5-13)17(23)21(18)12-14-6-9-15(10-7-14)22(24)25/h6-7,9-10,13,16H,1-5,8,11-12H2,(H2,19,20). The van der Waals surface area contributed by atoms with Gasteiger partial charge in [0.05, 0.1) is 11.5 Å². The van der Waals surface area contributed by atoms with Crippen molar-refractivity contribution in [1.29, 1.82) is 5.41 Å². The van der Waals surface area contributed by atoms with Gasteiger partial charge in [-0.15, -0.1) is 0 Å². The summed E-state index contributed by atoms with van der Waals surface area (Å²) in [5, 5.41) is 21.7. The number of non-ortho nitro benzene ring substituents is 1. The molecule has 1 saturated heterocycles. The van der Waals surface area contributed by atoms with Crippen LogP contribution in [0.4, 0.5) is 5.69 Å². The van der Waals surface area contributed by atoms with Gasteiger partial charge in [0.25, 0.3) is 11.6 Å². The number of nitro benzene ring substituents is 1. The molecule has 2 aliphatic rings. The number of rotatable bonds is 6. The lowest BCUT2D eigenvalue weighted by Gasteiger charge is -2.22. The van der Waals surface area contributed by atoms with Gasteiger partial charge in [-0.1, -0.05) is 44.2 Å². The van der Waals surface area contributed by atoms with E-state index in [0.717, 1.165) is 18.4 Å². The van der Waals surface area contributed by atoms with Crippen molar-refractivity contribution in [3.8, 4) is 0 Å². The number of hydrogen-bond donors (Lipinski definition) is 2. The zero-order valence-corrected chi connectivity index (χ0v) is 14.2. The van der Waals surface area contributed by atoms with Crippen LogP contribution >= 0.6 is 0 Å². The second kappa shape index (κ2) is 7.63. The van der Waals surface area contributed by atoms with Crippen LogP contribution in [-0.4, -0.2) is 27.7 Å². The molecule has 25 heavy (non-hydrogen) atoms. The van der Waals surface area contributed by atoms with Crippen molar-refractivity contribution in [1.82, 2.24) is 10.2 Å². The Hall–Kier alpha value is -2.44. The molecule has 1 atom stereocenters. The van der Waals surface area contributed by atoms with E-state index in [1.807, 2.05) is 0 Å². The topological polar surface area (TPSA) is 99.3 Å². The molecule has 2 N–H and O–H groups in total. The maximum absolute atomic E-state index is 12.6. The Balaban J connectivity index is 1.56. The summed E-state index contributed by atoms with van der Waals surface area (Å²) in [6.45, 7) is 0.266. The second-order valence-electron chi connectivity index (χ2n) is 6.97. The summed E-state index contributed by atoms with van der Waals surface area (Å²) in [7, 11) is 0. The van der Waals surface area contributed by atoms with Crippen LogP contribution < -0.4 is 5.32 Å². The van der Waals surface area contributed by atoms with Crippen LogP contribution in [0, 0.1) is 21.4 Å². The summed E-state index contributed by atoms with van der Waals surface area (Å²) >= 11 is 0. The lowest BCUT2D eigenvalue weighted by atomic mass is 9.85. The van der Waals surface area contributed by atoms with Gasteiger partial charge in [-0.2, -0.15) is 0 Å². The normalized spacial score (nSPS) is 21.4. The Labute approximate surface area is 147 Å². The van der Waals surface area contributed by atoms with Gasteiger partial charge in [0, 0.05) is 12.1 Å². The first-order valence-electron chi connectivity index (χ1n) is 8.94. The van der Waals surface area contributed by atoms with Crippen molar-refractivity contribution in [3.63, 3.8) is 0 Å². The van der Waals surface area contributed by atoms with Crippen molar-refractivity contribution < 1.29 is 9.72 Å². The van der Waals surface area contributed by atoms with Crippen LogP contribution in [-0.2, 0) is 11.3 Å². The van der Waals surface area contributed by atoms with Crippen LogP contribution in [0.1, 0.15) is 50.5 Å². The highest BCUT2D eigenvalue weighted by molar-refractivity contribution is 6.05. The zero-order valence-electron chi connectivity index (χ0n) is 14.2. The summed E-state index contributed by atoms with van der Waals surface area (Å²) in [6.07, 6.45) is 8.21. The average molecular weight is 344 g/mol. The van der Waals surface area contributed by atoms with E-state index >= 15 is 0 Å². The maximum Gasteiger partial charge on any atom is 0.269 e. The largest absolute Gasteiger partial charge is 0.344 e. The number of carbonyl (C=O) groups is 1. The minimum Gasteiger partial charge on any atom is -0.344 e. The number of hydrogen-bond acceptors (Lipinski definition) is 4. The molecule has 1 aliphatic carbocycles. The van der Waals surface area contributed by atoms with Gasteiger partial charge in [-0.3, -0.25) is 25.2 Å². The monoisotopic (exact) mass is 344 g/mol. The molecule has 1 aromatic carbocycles. The number of nitrogens with one attached hydrogen (secondary N) is 2. The molecule has 0 aromatic heterocycles. The van der Waals surface area contributed by atoms with Crippen LogP contribution in [0.5, 0.6) is 0 Å². The van der Waals surface area contributed by atoms with Gasteiger partial charge >= 0.3 is 0 Å². The Kier molecular flexibility index (Phi) is 5.31. The third-order valence-electron chi connectivity index (χ3n) is 5.22. The van der Waals surface area contributed by atoms with E-state index in [2.05, 4.69) is 5.32 Å². The molecule has 7 heteroatoms. The molecule has 1 unspecified atom stereocenters. The molecule has 1 aliphatic heterocycles. The van der Waals surface area contributed by atoms with Crippen LogP contribution in [0.25, 0.3) is 0 Å². The van der Waals surface area contributed by atoms with E-state index in [1.165, 1.54) is 49.1 Å². The number of guanidine groups is 1. The Morgan fingerprint density at radius 3 is 2.48 bits per heavy atom. The van der Waals surface area contributed by atoms with E-state index in [-0.39, 0.29) is 30.1 Å². The summed E-state index contributed by atoms with van der Waals surface area (Å²) in [4.78, 5) is 24.3. The summed E-state index contributed by atoms with van der Waals surface area (Å²) in [6, 6.07) is 5.80. The maximum atomic E-state index is 12.6. The number of carbonyl (C=O) groups excluding carboxylic acids is 1. The predicted octanol–water partition coefficient (Wildman–Crippen LogP) is 3.19. The summed E-state index contributed by atoms with van der Waals surface area (Å²) in [5.41, 5.74) is 0.800. The quantitative estimate of drug-likeness (QED) is 0.611. The number of nitro groups is 1. The number of nitrogens with zero attached hydrogens (tertiary/aromatic N) is 2. The highest BCUT2D eigenvalue weighted by atomic mass is 16.6. The van der Waals surface area contributed by atoms with E-state index in [0.29, 0.717) is 5.92 Å². The fraction of sp³-hybridized carbons (Fsp3) is 0.556. The lowest BCUT2D eigenvalue weighted by Crippen LogP contribution is -2.31. The van der Waals surface area contributed by atoms with Crippen molar-refractivity contribution >= 4 is 17.6 Å². The molecular weight excluding hydrogens is 320 g/mol. The number of amides is 1. The van der Waals surface area contributed by atoms with E-state index in [1.54, 1.807) is 12.1 Å². The molecule has 0 bridgehead atoms. The SMILES string of the molecule is N=C1NC(CCC2CCCCC2)C(=O)N1Cc1ccc([N+](=O)[O-])cc1. The van der Waals surface area contributed by atoms with Crippen LogP contribution in [0.15, 0.2) is 24.3 Å². The highest BCUT2D eigenvalue weighted by Crippen LogP contribution is 2.28. The molecule has 1 heterocycles. The molecule has 2 fully saturated rings. The van der Waals surface area contributed by atoms with Gasteiger partial charge in [-0.05, 0) is 24.3 Å². The average Bonchev–Trinajstić information content (AvgIpc) is 2.89. The van der Waals surface area contributed by atoms with Crippen molar-refractivity contribution in [2.45, 2.75) is 57.5 Å². The third-order valence-corrected chi connectivity index (χ3v) is 5.22. The first kappa shape index (κ1) is 17.4. The van der Waals surface area contributed by atoms with Gasteiger partial charge < -0.3 is 5.32 Å². The van der Waals surface area contributed by atoms with E-state index < -0.39 is 4.92 Å². The van der Waals surface area contributed by atoms with Gasteiger partial charge in [0.2, 0.25) is 0 Å². The minimum absolute atomic E-state index is 0.0232. The molecule has 3 rings (SSSR count). The first-order chi connectivity index (χ1) is 12.0. The second-order valence-corrected chi connectivity index (χ2v) is 6.97. The van der Waals surface area contributed by atoms with E-state index in [9.17, 15) is 14.9 Å². The van der Waals surface area contributed by atoms with Crippen LogP contribution in [0.2, 0.25) is 0 Å². The Morgan fingerprint density at radius 2 is 1.84 bits per heavy atom. The smallest absolute Gasteiger partial charge is 0.269 e. The molecule has 0 spiro atoms. The fourth-order valence-corrected chi connectivity index (χ4v) is 3.74. The molecular formula is C18H24N4O3.